The average Bonchev–Trinajstić information content (AvgIpc) is 2.60. The van der Waals surface area contributed by atoms with E-state index in [1.54, 1.807) is 0 Å². The maximum absolute atomic E-state index is 12.0. The highest BCUT2D eigenvalue weighted by Gasteiger charge is 2.56. The molecule has 0 amide bonds. The van der Waals surface area contributed by atoms with E-state index in [0.29, 0.717) is 11.5 Å². The van der Waals surface area contributed by atoms with Gasteiger partial charge in [0.05, 0.1) is 11.5 Å². The van der Waals surface area contributed by atoms with Crippen molar-refractivity contribution in [1.29, 1.82) is 0 Å². The molecule has 3 rings (SSSR count). The molecule has 104 valence electrons. The molecule has 0 radical (unpaired) electrons. The van der Waals surface area contributed by atoms with E-state index in [0.717, 1.165) is 0 Å². The molecular weight excluding hydrogens is 256 g/mol. The lowest BCUT2D eigenvalue weighted by Crippen LogP contribution is -2.41. The van der Waals surface area contributed by atoms with Crippen LogP contribution in [-0.2, 0) is 29.7 Å². The van der Waals surface area contributed by atoms with Crippen molar-refractivity contribution in [3.05, 3.63) is 0 Å². The van der Waals surface area contributed by atoms with E-state index >= 15 is 0 Å². The van der Waals surface area contributed by atoms with Gasteiger partial charge in [-0.15, -0.1) is 0 Å². The van der Waals surface area contributed by atoms with E-state index in [1.165, 1.54) is 0 Å². The molecule has 3 aliphatic rings. The topological polar surface area (TPSA) is 54.0 Å². The molecular formula is C12H20O5S. The second-order valence-corrected chi connectivity index (χ2v) is 7.60. The van der Waals surface area contributed by atoms with Gasteiger partial charge in [-0.1, -0.05) is 0 Å². The second-order valence-electron chi connectivity index (χ2n) is 6.05. The highest BCUT2D eigenvalue weighted by molar-refractivity contribution is 7.85. The summed E-state index contributed by atoms with van der Waals surface area (Å²) < 4.78 is 35.5. The molecule has 0 aliphatic carbocycles. The van der Waals surface area contributed by atoms with Crippen LogP contribution >= 0.6 is 0 Å². The van der Waals surface area contributed by atoms with Gasteiger partial charge in [-0.2, -0.15) is 0 Å². The van der Waals surface area contributed by atoms with Gasteiger partial charge in [0.25, 0.3) is 0 Å². The molecule has 0 aromatic heterocycles. The minimum absolute atomic E-state index is 0.173. The Morgan fingerprint density at radius 1 is 0.833 bits per heavy atom. The Labute approximate surface area is 110 Å². The van der Waals surface area contributed by atoms with Gasteiger partial charge in [0.15, 0.2) is 11.6 Å². The summed E-state index contributed by atoms with van der Waals surface area (Å²) in [7, 11) is -0.955. The fraction of sp³-hybridized carbons (Fsp3) is 1.00. The molecule has 0 aromatic carbocycles. The second kappa shape index (κ2) is 3.99. The van der Waals surface area contributed by atoms with Crippen LogP contribution in [0.3, 0.4) is 0 Å². The molecule has 3 saturated heterocycles. The third-order valence-electron chi connectivity index (χ3n) is 3.47. The molecule has 6 heteroatoms. The molecule has 18 heavy (non-hydrogen) atoms. The van der Waals surface area contributed by atoms with Crippen LogP contribution in [0.5, 0.6) is 0 Å². The predicted octanol–water partition coefficient (Wildman–Crippen LogP) is 0.789. The van der Waals surface area contributed by atoms with E-state index in [2.05, 4.69) is 0 Å². The van der Waals surface area contributed by atoms with Crippen LogP contribution in [0.2, 0.25) is 0 Å². The van der Waals surface area contributed by atoms with E-state index in [9.17, 15) is 4.21 Å². The lowest BCUT2D eigenvalue weighted by Gasteiger charge is -2.23. The largest absolute Gasteiger partial charge is 0.344 e. The predicted molar refractivity (Wildman–Crippen MR) is 65.5 cm³/mol. The molecule has 1 unspecified atom stereocenters. The van der Waals surface area contributed by atoms with Crippen LogP contribution in [0, 0.1) is 0 Å². The van der Waals surface area contributed by atoms with Gasteiger partial charge in [-0.05, 0) is 27.7 Å². The Hall–Kier alpha value is -0.0100. The van der Waals surface area contributed by atoms with Crippen LogP contribution < -0.4 is 0 Å². The zero-order chi connectivity index (χ0) is 13.1. The molecule has 0 saturated carbocycles. The van der Waals surface area contributed by atoms with E-state index in [1.807, 2.05) is 27.7 Å². The first-order chi connectivity index (χ1) is 8.26. The highest BCUT2D eigenvalue weighted by Crippen LogP contribution is 2.40. The fourth-order valence-corrected chi connectivity index (χ4v) is 4.36. The summed E-state index contributed by atoms with van der Waals surface area (Å²) in [6, 6.07) is 0. The van der Waals surface area contributed by atoms with Gasteiger partial charge >= 0.3 is 0 Å². The number of ether oxygens (including phenoxy) is 4. The van der Waals surface area contributed by atoms with Crippen molar-refractivity contribution < 1.29 is 23.2 Å². The van der Waals surface area contributed by atoms with Crippen LogP contribution in [0.1, 0.15) is 27.7 Å². The first kappa shape index (κ1) is 13.0. The summed E-state index contributed by atoms with van der Waals surface area (Å²) in [4.78, 5) is 0. The van der Waals surface area contributed by atoms with Crippen molar-refractivity contribution in [2.45, 2.75) is 63.7 Å². The summed E-state index contributed by atoms with van der Waals surface area (Å²) in [5, 5.41) is 0. The summed E-state index contributed by atoms with van der Waals surface area (Å²) in [5.74, 6) is -0.294. The number of hydrogen-bond donors (Lipinski definition) is 0. The Bertz CT molecular complexity index is 347. The van der Waals surface area contributed by atoms with E-state index in [-0.39, 0.29) is 24.4 Å². The summed E-state index contributed by atoms with van der Waals surface area (Å²) >= 11 is 0. The van der Waals surface area contributed by atoms with Gasteiger partial charge in [-0.3, -0.25) is 4.21 Å². The van der Waals surface area contributed by atoms with Crippen molar-refractivity contribution in [2.75, 3.05) is 11.5 Å². The van der Waals surface area contributed by atoms with E-state index in [4.69, 9.17) is 18.9 Å². The molecule has 0 N–H and O–H groups in total. The van der Waals surface area contributed by atoms with Gasteiger partial charge in [0.1, 0.15) is 24.4 Å². The Balaban J connectivity index is 1.89. The molecule has 3 heterocycles. The maximum Gasteiger partial charge on any atom is 0.163 e. The normalized spacial score (nSPS) is 49.4. The first-order valence-corrected chi connectivity index (χ1v) is 7.81. The van der Waals surface area contributed by atoms with Crippen LogP contribution in [0.4, 0.5) is 0 Å². The molecule has 3 aliphatic heterocycles. The quantitative estimate of drug-likeness (QED) is 0.655. The van der Waals surface area contributed by atoms with Gasteiger partial charge in [0, 0.05) is 10.8 Å². The van der Waals surface area contributed by atoms with Crippen molar-refractivity contribution in [1.82, 2.24) is 0 Å². The zero-order valence-corrected chi connectivity index (χ0v) is 12.0. The van der Waals surface area contributed by atoms with Crippen molar-refractivity contribution in [3.8, 4) is 0 Å². The van der Waals surface area contributed by atoms with Gasteiger partial charge in [0.2, 0.25) is 0 Å². The molecule has 0 aromatic rings. The maximum atomic E-state index is 12.0. The molecule has 5 nitrogen and oxygen atoms in total. The Kier molecular flexibility index (Phi) is 2.88. The van der Waals surface area contributed by atoms with Gasteiger partial charge < -0.3 is 18.9 Å². The van der Waals surface area contributed by atoms with Crippen molar-refractivity contribution >= 4 is 10.8 Å². The van der Waals surface area contributed by atoms with Gasteiger partial charge in [-0.25, -0.2) is 0 Å². The Morgan fingerprint density at radius 2 is 1.22 bits per heavy atom. The molecule has 3 fully saturated rings. The third-order valence-corrected chi connectivity index (χ3v) is 4.87. The fourth-order valence-electron chi connectivity index (χ4n) is 2.98. The molecule has 0 bridgehead atoms. The zero-order valence-electron chi connectivity index (χ0n) is 11.2. The highest BCUT2D eigenvalue weighted by atomic mass is 32.2. The SMILES string of the molecule is CC1(C)O[C@H]2[C@@H]3OC(C)(C)O[C@@H]3CS(=O)C[C@@H]2O1. The number of hydrogen-bond acceptors (Lipinski definition) is 5. The molecule has 0 spiro atoms. The smallest absolute Gasteiger partial charge is 0.163 e. The van der Waals surface area contributed by atoms with Crippen LogP contribution in [-0.4, -0.2) is 51.7 Å². The third kappa shape index (κ3) is 2.25. The average molecular weight is 276 g/mol. The minimum atomic E-state index is -0.955. The Morgan fingerprint density at radius 3 is 1.61 bits per heavy atom. The number of fused-ring (bicyclic) bond motifs is 3. The lowest BCUT2D eigenvalue weighted by atomic mass is 10.1. The first-order valence-electron chi connectivity index (χ1n) is 6.32. The summed E-state index contributed by atoms with van der Waals surface area (Å²) in [6.45, 7) is 7.50. The molecule has 5 atom stereocenters. The summed E-state index contributed by atoms with van der Waals surface area (Å²) in [5.41, 5.74) is 0. The standard InChI is InChI=1S/C12H20O5S/c1-11(2)14-7-5-18(13)6-8-10(9(7)16-11)17-12(3,4)15-8/h7-10H,5-6H2,1-4H3/t7-,8+,9-,10-,18?/m1/s1. The van der Waals surface area contributed by atoms with Crippen molar-refractivity contribution in [3.63, 3.8) is 0 Å². The monoisotopic (exact) mass is 276 g/mol. The summed E-state index contributed by atoms with van der Waals surface area (Å²) in [6.07, 6.45) is -0.738. The minimum Gasteiger partial charge on any atom is -0.344 e. The van der Waals surface area contributed by atoms with Crippen LogP contribution in [0.15, 0.2) is 0 Å². The van der Waals surface area contributed by atoms with Crippen LogP contribution in [0.25, 0.3) is 0 Å². The number of rotatable bonds is 0. The van der Waals surface area contributed by atoms with Crippen molar-refractivity contribution in [2.24, 2.45) is 0 Å². The van der Waals surface area contributed by atoms with E-state index < -0.39 is 22.4 Å². The lowest BCUT2D eigenvalue weighted by molar-refractivity contribution is -0.175.